The van der Waals surface area contributed by atoms with Gasteiger partial charge in [0.25, 0.3) is 5.91 Å². The van der Waals surface area contributed by atoms with Gasteiger partial charge < -0.3 is 15.2 Å². The zero-order chi connectivity index (χ0) is 26.5. The number of nitrogens with one attached hydrogen (secondary N) is 1. The number of hydrogen-bond donors (Lipinski definition) is 2. The van der Waals surface area contributed by atoms with Gasteiger partial charge in [0.15, 0.2) is 0 Å². The fourth-order valence-corrected chi connectivity index (χ4v) is 5.28. The number of ether oxygens (including phenoxy) is 1. The summed E-state index contributed by atoms with van der Waals surface area (Å²) in [6.45, 7) is 13.1. The van der Waals surface area contributed by atoms with Crippen LogP contribution in [0.2, 0.25) is 0 Å². The van der Waals surface area contributed by atoms with E-state index in [0.29, 0.717) is 4.88 Å². The van der Waals surface area contributed by atoms with Gasteiger partial charge in [-0.15, -0.1) is 11.3 Å². The van der Waals surface area contributed by atoms with E-state index in [1.165, 1.54) is 28.0 Å². The topological polar surface area (TPSA) is 75.6 Å². The Hall–Kier alpha value is -3.12. The third kappa shape index (κ3) is 6.97. The Labute approximate surface area is 218 Å². The van der Waals surface area contributed by atoms with E-state index in [-0.39, 0.29) is 30.4 Å². The zero-order valence-corrected chi connectivity index (χ0v) is 22.9. The second kappa shape index (κ2) is 11.7. The molecule has 0 radical (unpaired) electrons. The van der Waals surface area contributed by atoms with E-state index in [2.05, 4.69) is 83.3 Å². The summed E-state index contributed by atoms with van der Waals surface area (Å²) in [7, 11) is 0. The van der Waals surface area contributed by atoms with Crippen LogP contribution in [0.3, 0.4) is 0 Å². The molecule has 5 nitrogen and oxygen atoms in total. The highest BCUT2D eigenvalue weighted by molar-refractivity contribution is 7.14. The molecular weight excluding hydrogens is 470 g/mol. The molecule has 36 heavy (non-hydrogen) atoms. The predicted octanol–water partition coefficient (Wildman–Crippen LogP) is 7.45. The van der Waals surface area contributed by atoms with E-state index >= 15 is 0 Å². The third-order valence-electron chi connectivity index (χ3n) is 6.17. The first-order valence-electron chi connectivity index (χ1n) is 12.5. The monoisotopic (exact) mass is 507 g/mol. The van der Waals surface area contributed by atoms with Gasteiger partial charge in [-0.1, -0.05) is 58.4 Å². The smallest absolute Gasteiger partial charge is 0.305 e. The highest BCUT2D eigenvalue weighted by Gasteiger charge is 2.19. The van der Waals surface area contributed by atoms with E-state index in [4.69, 9.17) is 9.84 Å². The second-order valence-corrected chi connectivity index (χ2v) is 11.4. The van der Waals surface area contributed by atoms with Crippen LogP contribution in [0.5, 0.6) is 5.75 Å². The van der Waals surface area contributed by atoms with Crippen molar-refractivity contribution >= 4 is 23.2 Å². The summed E-state index contributed by atoms with van der Waals surface area (Å²) in [5.74, 6) is -0.368. The number of aryl methyl sites for hydroxylation is 2. The van der Waals surface area contributed by atoms with Gasteiger partial charge in [0, 0.05) is 11.4 Å². The average molecular weight is 508 g/mol. The number of benzene rings is 2. The van der Waals surface area contributed by atoms with Crippen molar-refractivity contribution in [3.05, 3.63) is 75.0 Å². The van der Waals surface area contributed by atoms with Crippen molar-refractivity contribution < 1.29 is 19.4 Å². The lowest BCUT2D eigenvalue weighted by Gasteiger charge is -2.21. The van der Waals surface area contributed by atoms with Gasteiger partial charge in [0.05, 0.1) is 11.3 Å². The van der Waals surface area contributed by atoms with Crippen LogP contribution in [0.15, 0.2) is 48.5 Å². The highest BCUT2D eigenvalue weighted by atomic mass is 32.1. The number of carbonyl (C=O) groups excluding carboxylic acids is 1. The minimum atomic E-state index is -0.933. The summed E-state index contributed by atoms with van der Waals surface area (Å²) in [6.07, 6.45) is 1.52. The number of aliphatic carboxylic acids is 1. The van der Waals surface area contributed by atoms with Crippen LogP contribution >= 0.6 is 11.3 Å². The lowest BCUT2D eigenvalue weighted by molar-refractivity contribution is -0.136. The summed E-state index contributed by atoms with van der Waals surface area (Å²) < 4.78 is 6.46. The van der Waals surface area contributed by atoms with Crippen molar-refractivity contribution in [2.45, 2.75) is 72.3 Å². The van der Waals surface area contributed by atoms with Gasteiger partial charge >= 0.3 is 5.97 Å². The van der Waals surface area contributed by atoms with E-state index in [9.17, 15) is 9.59 Å². The Balaban J connectivity index is 1.78. The Morgan fingerprint density at radius 3 is 2.22 bits per heavy atom. The molecular formula is C30H37NO4S. The highest BCUT2D eigenvalue weighted by Crippen LogP contribution is 2.36. The van der Waals surface area contributed by atoms with Crippen LogP contribution in [-0.4, -0.2) is 23.5 Å². The van der Waals surface area contributed by atoms with Crippen molar-refractivity contribution in [2.24, 2.45) is 0 Å². The summed E-state index contributed by atoms with van der Waals surface area (Å²) in [4.78, 5) is 24.6. The molecule has 0 bridgehead atoms. The molecule has 3 rings (SSSR count). The van der Waals surface area contributed by atoms with Crippen LogP contribution < -0.4 is 10.1 Å². The molecule has 0 aliphatic heterocycles. The lowest BCUT2D eigenvalue weighted by atomic mass is 9.85. The molecule has 0 aliphatic carbocycles. The van der Waals surface area contributed by atoms with Crippen LogP contribution in [0.25, 0.3) is 11.1 Å². The average Bonchev–Trinajstić information content (AvgIpc) is 3.28. The van der Waals surface area contributed by atoms with E-state index < -0.39 is 5.97 Å². The van der Waals surface area contributed by atoms with Crippen molar-refractivity contribution in [2.75, 3.05) is 6.54 Å². The lowest BCUT2D eigenvalue weighted by Crippen LogP contribution is -2.25. The van der Waals surface area contributed by atoms with Gasteiger partial charge in [-0.2, -0.15) is 0 Å². The molecule has 1 amide bonds. The summed E-state index contributed by atoms with van der Waals surface area (Å²) >= 11 is 1.39. The van der Waals surface area contributed by atoms with Crippen molar-refractivity contribution in [3.8, 4) is 16.9 Å². The molecule has 6 heteroatoms. The molecule has 192 valence electrons. The summed E-state index contributed by atoms with van der Waals surface area (Å²) in [5, 5.41) is 11.4. The number of rotatable bonds is 10. The van der Waals surface area contributed by atoms with E-state index in [1.54, 1.807) is 6.07 Å². The maximum absolute atomic E-state index is 12.4. The number of carboxylic acids is 1. The van der Waals surface area contributed by atoms with Crippen LogP contribution in [0.4, 0.5) is 0 Å². The predicted molar refractivity (Wildman–Crippen MR) is 147 cm³/mol. The molecule has 0 aliphatic rings. The fraction of sp³-hybridized carbons (Fsp3) is 0.400. The molecule has 1 heterocycles. The van der Waals surface area contributed by atoms with Crippen molar-refractivity contribution in [1.82, 2.24) is 5.32 Å². The quantitative estimate of drug-likeness (QED) is 0.299. The Morgan fingerprint density at radius 2 is 1.67 bits per heavy atom. The normalized spacial score (nSPS) is 12.3. The fourth-order valence-electron chi connectivity index (χ4n) is 4.29. The molecule has 2 N–H and O–H groups in total. The maximum Gasteiger partial charge on any atom is 0.305 e. The molecule has 0 saturated heterocycles. The Morgan fingerprint density at radius 1 is 1.03 bits per heavy atom. The number of amides is 1. The van der Waals surface area contributed by atoms with Gasteiger partial charge in [-0.25, -0.2) is 0 Å². The molecule has 1 atom stereocenters. The summed E-state index contributed by atoms with van der Waals surface area (Å²) in [6, 6.07) is 16.7. The van der Waals surface area contributed by atoms with E-state index in [1.807, 2.05) is 6.07 Å². The van der Waals surface area contributed by atoms with Crippen molar-refractivity contribution in [3.63, 3.8) is 0 Å². The molecule has 1 aromatic heterocycles. The summed E-state index contributed by atoms with van der Waals surface area (Å²) in [5.41, 5.74) is 6.18. The van der Waals surface area contributed by atoms with Gasteiger partial charge in [0.2, 0.25) is 0 Å². The molecule has 3 aromatic rings. The number of hydrogen-bond acceptors (Lipinski definition) is 4. The van der Waals surface area contributed by atoms with Crippen LogP contribution in [-0.2, 0) is 10.2 Å². The van der Waals surface area contributed by atoms with Gasteiger partial charge in [-0.3, -0.25) is 9.59 Å². The van der Waals surface area contributed by atoms with Crippen LogP contribution in [0.1, 0.15) is 84.3 Å². The molecule has 2 aromatic carbocycles. The Kier molecular flexibility index (Phi) is 8.96. The SMILES string of the molecule is CCCC(Oc1cc(C)c(-c2ccc(C(C)(C)C)cc2)c(C)c1)c1ccc(C(=O)NCCC(=O)O)s1. The van der Waals surface area contributed by atoms with Crippen LogP contribution in [0, 0.1) is 13.8 Å². The first-order chi connectivity index (χ1) is 17.0. The zero-order valence-electron chi connectivity index (χ0n) is 22.1. The van der Waals surface area contributed by atoms with Crippen molar-refractivity contribution in [1.29, 1.82) is 0 Å². The first kappa shape index (κ1) is 27.5. The van der Waals surface area contributed by atoms with E-state index in [0.717, 1.165) is 34.6 Å². The molecule has 1 unspecified atom stereocenters. The minimum Gasteiger partial charge on any atom is -0.485 e. The second-order valence-electron chi connectivity index (χ2n) is 10.3. The number of carboxylic acid groups (broad SMARTS) is 1. The molecule has 0 fully saturated rings. The Bertz CT molecular complexity index is 1180. The third-order valence-corrected chi connectivity index (χ3v) is 7.34. The molecule has 0 saturated carbocycles. The first-order valence-corrected chi connectivity index (χ1v) is 13.3. The van der Waals surface area contributed by atoms with Gasteiger partial charge in [-0.05, 0) is 77.8 Å². The molecule has 0 spiro atoms. The minimum absolute atomic E-state index is 0.0963. The van der Waals surface area contributed by atoms with Gasteiger partial charge in [0.1, 0.15) is 11.9 Å². The number of carbonyl (C=O) groups is 2. The standard InChI is InChI=1S/C30H37NO4S/c1-7-8-24(25-13-14-26(36-25)29(34)31-16-15-27(32)33)35-23-17-19(2)28(20(3)18-23)21-9-11-22(12-10-21)30(4,5)6/h9-14,17-18,24H,7-8,15-16H2,1-6H3,(H,31,34)(H,32,33). The largest absolute Gasteiger partial charge is 0.485 e. The number of thiophene rings is 1. The maximum atomic E-state index is 12.4.